The number of halogens is 3. The molecule has 1 N–H and O–H groups in total. The molecule has 0 aliphatic heterocycles. The van der Waals surface area contributed by atoms with Crippen LogP contribution in [0.1, 0.15) is 44.0 Å². The lowest BCUT2D eigenvalue weighted by Gasteiger charge is -2.36. The van der Waals surface area contributed by atoms with Crippen LogP contribution < -0.4 is 24.3 Å². The number of aromatic nitrogens is 2. The minimum atomic E-state index is -1.94. The van der Waals surface area contributed by atoms with E-state index in [1.807, 2.05) is 0 Å². The van der Waals surface area contributed by atoms with E-state index in [4.69, 9.17) is 23.4 Å². The van der Waals surface area contributed by atoms with Crippen molar-refractivity contribution in [3.63, 3.8) is 0 Å². The number of anilines is 1. The molecule has 2 aromatic carbocycles. The highest BCUT2D eigenvalue weighted by molar-refractivity contribution is 6.74. The molecule has 1 saturated carbocycles. The molecule has 0 atom stereocenters. The summed E-state index contributed by atoms with van der Waals surface area (Å²) in [6.07, 6.45) is 4.06. The average molecular weight is 656 g/mol. The summed E-state index contributed by atoms with van der Waals surface area (Å²) < 4.78 is 73.9. The molecule has 0 spiro atoms. The Hall–Kier alpha value is -4.36. The van der Waals surface area contributed by atoms with Gasteiger partial charge in [-0.05, 0) is 49.2 Å². The Balaban J connectivity index is 1.33. The quantitative estimate of drug-likeness (QED) is 0.0930. The molecule has 0 unspecified atom stereocenters. The number of nitrogens with zero attached hydrogens (tertiary/aromatic N) is 2. The first kappa shape index (κ1) is 33.0. The zero-order valence-corrected chi connectivity index (χ0v) is 27.5. The van der Waals surface area contributed by atoms with Crippen LogP contribution in [0.5, 0.6) is 28.7 Å². The Kier molecular flexibility index (Phi) is 9.45. The van der Waals surface area contributed by atoms with Crippen LogP contribution in [0.3, 0.4) is 0 Å². The van der Waals surface area contributed by atoms with Gasteiger partial charge in [0.15, 0.2) is 37.2 Å². The Labute approximate surface area is 266 Å². The smallest absolute Gasteiger partial charge is 0.264 e. The SMILES string of the molecule is COc1cc2c(Oc3c(F)cc(NC(=O)c4c(OC5CC5)ccnc4F)cc3F)ccnc2cc1OCCO[Si](C)(C)C(C)(C)C. The lowest BCUT2D eigenvalue weighted by atomic mass is 10.1. The topological polar surface area (TPSA) is 101 Å². The summed E-state index contributed by atoms with van der Waals surface area (Å²) in [5.74, 6) is -4.06. The fourth-order valence-electron chi connectivity index (χ4n) is 4.28. The predicted octanol–water partition coefficient (Wildman–Crippen LogP) is 8.04. The number of fused-ring (bicyclic) bond motifs is 1. The van der Waals surface area contributed by atoms with Crippen molar-refractivity contribution in [2.75, 3.05) is 25.6 Å². The number of pyridine rings is 2. The van der Waals surface area contributed by atoms with Crippen LogP contribution in [0.15, 0.2) is 48.8 Å². The molecule has 9 nitrogen and oxygen atoms in total. The van der Waals surface area contributed by atoms with Gasteiger partial charge in [0.25, 0.3) is 5.91 Å². The summed E-state index contributed by atoms with van der Waals surface area (Å²) in [5.41, 5.74) is -0.279. The third kappa shape index (κ3) is 7.36. The largest absolute Gasteiger partial charge is 0.493 e. The molecule has 0 saturated heterocycles. The molecule has 5 rings (SSSR count). The van der Waals surface area contributed by atoms with E-state index >= 15 is 8.78 Å². The van der Waals surface area contributed by atoms with Gasteiger partial charge in [-0.2, -0.15) is 4.39 Å². The lowest BCUT2D eigenvalue weighted by Crippen LogP contribution is -2.41. The van der Waals surface area contributed by atoms with Crippen molar-refractivity contribution < 1.29 is 41.3 Å². The number of rotatable bonds is 12. The second-order valence-electron chi connectivity index (χ2n) is 12.4. The normalized spacial score (nSPS) is 13.4. The first-order chi connectivity index (χ1) is 21.8. The van der Waals surface area contributed by atoms with E-state index in [0.29, 0.717) is 29.0 Å². The highest BCUT2D eigenvalue weighted by atomic mass is 28.4. The predicted molar refractivity (Wildman–Crippen MR) is 169 cm³/mol. The van der Waals surface area contributed by atoms with Gasteiger partial charge in [0.1, 0.15) is 23.7 Å². The maximum Gasteiger partial charge on any atom is 0.264 e. The Morgan fingerprint density at radius 3 is 2.26 bits per heavy atom. The first-order valence-corrected chi connectivity index (χ1v) is 17.7. The van der Waals surface area contributed by atoms with Crippen molar-refractivity contribution in [2.45, 2.75) is 57.8 Å². The van der Waals surface area contributed by atoms with Gasteiger partial charge in [-0.3, -0.25) is 9.78 Å². The van der Waals surface area contributed by atoms with Gasteiger partial charge in [0.2, 0.25) is 5.95 Å². The minimum absolute atomic E-state index is 0.00132. The van der Waals surface area contributed by atoms with E-state index in [0.717, 1.165) is 25.0 Å². The lowest BCUT2D eigenvalue weighted by molar-refractivity contribution is 0.101. The molecule has 0 radical (unpaired) electrons. The number of amides is 1. The Bertz CT molecular complexity index is 1740. The Morgan fingerprint density at radius 1 is 0.935 bits per heavy atom. The summed E-state index contributed by atoms with van der Waals surface area (Å²) in [6.45, 7) is 11.5. The molecular weight excluding hydrogens is 619 g/mol. The van der Waals surface area contributed by atoms with Crippen LogP contribution >= 0.6 is 0 Å². The van der Waals surface area contributed by atoms with Crippen LogP contribution in [0.2, 0.25) is 18.1 Å². The van der Waals surface area contributed by atoms with Gasteiger partial charge in [-0.1, -0.05) is 20.8 Å². The Morgan fingerprint density at radius 2 is 1.61 bits per heavy atom. The molecular formula is C33H36F3N3O6Si. The summed E-state index contributed by atoms with van der Waals surface area (Å²) in [7, 11) is -0.469. The van der Waals surface area contributed by atoms with Crippen LogP contribution in [0, 0.1) is 17.6 Å². The molecule has 13 heteroatoms. The van der Waals surface area contributed by atoms with Crippen LogP contribution in [-0.2, 0) is 4.43 Å². The van der Waals surface area contributed by atoms with E-state index in [1.165, 1.54) is 31.6 Å². The van der Waals surface area contributed by atoms with Crippen LogP contribution in [-0.4, -0.2) is 50.6 Å². The van der Waals surface area contributed by atoms with Gasteiger partial charge in [0, 0.05) is 41.7 Å². The molecule has 0 bridgehead atoms. The highest BCUT2D eigenvalue weighted by Crippen LogP contribution is 2.40. The number of hydrogen-bond acceptors (Lipinski definition) is 8. The fourth-order valence-corrected chi connectivity index (χ4v) is 5.30. The standard InChI is InChI=1S/C33H36F3N3O6Si/c1-33(2,3)46(5,6)43-14-13-42-28-18-24-21(17-27(28)41-4)25(9-11-37-24)45-30-22(34)15-19(16-23(30)35)39-32(40)29-26(44-20-7-8-20)10-12-38-31(29)36/h9-12,15-18,20H,7-8,13-14H2,1-6H3,(H,39,40). The number of carbonyl (C=O) groups excluding carboxylic acids is 1. The van der Waals surface area contributed by atoms with Crippen molar-refractivity contribution >= 4 is 30.8 Å². The molecule has 2 heterocycles. The minimum Gasteiger partial charge on any atom is -0.493 e. The van der Waals surface area contributed by atoms with E-state index < -0.39 is 43.1 Å². The fraction of sp³-hybridized carbons (Fsp3) is 0.364. The average Bonchev–Trinajstić information content (AvgIpc) is 3.80. The summed E-state index contributed by atoms with van der Waals surface area (Å²) in [4.78, 5) is 20.7. The molecule has 46 heavy (non-hydrogen) atoms. The second kappa shape index (κ2) is 13.2. The van der Waals surface area contributed by atoms with Crippen molar-refractivity contribution in [1.29, 1.82) is 0 Å². The number of benzene rings is 2. The van der Waals surface area contributed by atoms with E-state index in [2.05, 4.69) is 49.1 Å². The van der Waals surface area contributed by atoms with Crippen LogP contribution in [0.4, 0.5) is 18.9 Å². The summed E-state index contributed by atoms with van der Waals surface area (Å²) >= 11 is 0. The number of carbonyl (C=O) groups is 1. The van der Waals surface area contributed by atoms with Crippen LogP contribution in [0.25, 0.3) is 10.9 Å². The monoisotopic (exact) mass is 655 g/mol. The number of methoxy groups -OCH3 is 1. The van der Waals surface area contributed by atoms with Crippen molar-refractivity contribution in [3.05, 3.63) is 71.9 Å². The number of ether oxygens (including phenoxy) is 4. The van der Waals surface area contributed by atoms with Gasteiger partial charge in [-0.15, -0.1) is 0 Å². The molecule has 1 aliphatic rings. The number of hydrogen-bond donors (Lipinski definition) is 1. The molecule has 1 amide bonds. The third-order valence-electron chi connectivity index (χ3n) is 7.98. The first-order valence-electron chi connectivity index (χ1n) is 14.8. The summed E-state index contributed by atoms with van der Waals surface area (Å²) in [5, 5.41) is 2.79. The zero-order chi connectivity index (χ0) is 33.2. The van der Waals surface area contributed by atoms with E-state index in [1.54, 1.807) is 12.1 Å². The molecule has 2 aromatic heterocycles. The third-order valence-corrected chi connectivity index (χ3v) is 12.5. The zero-order valence-electron chi connectivity index (χ0n) is 26.5. The highest BCUT2D eigenvalue weighted by Gasteiger charge is 2.37. The maximum atomic E-state index is 15.2. The van der Waals surface area contributed by atoms with Crippen molar-refractivity contribution in [1.82, 2.24) is 9.97 Å². The molecule has 1 aliphatic carbocycles. The van der Waals surface area contributed by atoms with Gasteiger partial charge in [0.05, 0.1) is 25.3 Å². The van der Waals surface area contributed by atoms with Gasteiger partial charge >= 0.3 is 0 Å². The summed E-state index contributed by atoms with van der Waals surface area (Å²) in [6, 6.07) is 7.81. The van der Waals surface area contributed by atoms with E-state index in [-0.39, 0.29) is 34.9 Å². The van der Waals surface area contributed by atoms with Crippen molar-refractivity contribution in [2.24, 2.45) is 0 Å². The van der Waals surface area contributed by atoms with Gasteiger partial charge < -0.3 is 28.7 Å². The molecule has 244 valence electrons. The number of nitrogens with one attached hydrogen (secondary N) is 1. The van der Waals surface area contributed by atoms with E-state index in [9.17, 15) is 9.18 Å². The molecule has 4 aromatic rings. The molecule has 1 fully saturated rings. The maximum absolute atomic E-state index is 15.2. The van der Waals surface area contributed by atoms with Gasteiger partial charge in [-0.25, -0.2) is 13.8 Å². The van der Waals surface area contributed by atoms with Crippen molar-refractivity contribution in [3.8, 4) is 28.7 Å². The second-order valence-corrected chi connectivity index (χ2v) is 17.2.